The molecule has 1 N–H and O–H groups in total. The molecule has 2 unspecified atom stereocenters. The van der Waals surface area contributed by atoms with E-state index in [0.717, 1.165) is 12.0 Å². The van der Waals surface area contributed by atoms with Gasteiger partial charge in [-0.15, -0.1) is 0 Å². The number of hydrogen-bond acceptors (Lipinski definition) is 1. The highest BCUT2D eigenvalue weighted by molar-refractivity contribution is 5.24. The van der Waals surface area contributed by atoms with Crippen molar-refractivity contribution in [2.24, 2.45) is 5.92 Å². The van der Waals surface area contributed by atoms with E-state index in [-0.39, 0.29) is 18.8 Å². The molecule has 1 aliphatic carbocycles. The zero-order valence-electron chi connectivity index (χ0n) is 10.7. The average Bonchev–Trinajstić information content (AvgIpc) is 2.37. The lowest BCUT2D eigenvalue weighted by molar-refractivity contribution is -0.0761. The quantitative estimate of drug-likeness (QED) is 0.860. The van der Waals surface area contributed by atoms with Gasteiger partial charge < -0.3 is 5.11 Å². The molecule has 0 radical (unpaired) electrons. The third-order valence-corrected chi connectivity index (χ3v) is 3.85. The first-order chi connectivity index (χ1) is 8.52. The molecule has 0 spiro atoms. The fourth-order valence-electron chi connectivity index (χ4n) is 2.70. The Bertz CT molecular complexity index is 386. The van der Waals surface area contributed by atoms with Gasteiger partial charge in [-0.2, -0.15) is 0 Å². The molecule has 0 saturated heterocycles. The molecule has 2 rings (SSSR count). The van der Waals surface area contributed by atoms with Crippen molar-refractivity contribution < 1.29 is 13.9 Å². The van der Waals surface area contributed by atoms with E-state index in [2.05, 4.69) is 6.92 Å². The summed E-state index contributed by atoms with van der Waals surface area (Å²) in [6.45, 7) is 2.06. The van der Waals surface area contributed by atoms with Gasteiger partial charge in [0.2, 0.25) is 5.92 Å². The van der Waals surface area contributed by atoms with Gasteiger partial charge in [0.15, 0.2) is 0 Å². The van der Waals surface area contributed by atoms with Crippen molar-refractivity contribution in [1.29, 1.82) is 0 Å². The fourth-order valence-corrected chi connectivity index (χ4v) is 2.70. The van der Waals surface area contributed by atoms with Crippen LogP contribution < -0.4 is 0 Å². The second kappa shape index (κ2) is 5.35. The van der Waals surface area contributed by atoms with Gasteiger partial charge in [0.1, 0.15) is 0 Å². The van der Waals surface area contributed by atoms with Crippen molar-refractivity contribution in [1.82, 2.24) is 0 Å². The maximum atomic E-state index is 13.3. The zero-order chi connectivity index (χ0) is 13.2. The van der Waals surface area contributed by atoms with Gasteiger partial charge in [-0.1, -0.05) is 31.2 Å². The van der Waals surface area contributed by atoms with Gasteiger partial charge in [0.25, 0.3) is 0 Å². The van der Waals surface area contributed by atoms with Gasteiger partial charge >= 0.3 is 0 Å². The van der Waals surface area contributed by atoms with E-state index in [1.165, 1.54) is 5.56 Å². The highest BCUT2D eigenvalue weighted by Gasteiger charge is 2.39. The molecule has 18 heavy (non-hydrogen) atoms. The number of aliphatic hydroxyl groups is 1. The van der Waals surface area contributed by atoms with Crippen molar-refractivity contribution in [3.05, 3.63) is 35.4 Å². The molecule has 3 heteroatoms. The average molecular weight is 254 g/mol. The highest BCUT2D eigenvalue weighted by atomic mass is 19.3. The van der Waals surface area contributed by atoms with Crippen LogP contribution >= 0.6 is 0 Å². The number of aliphatic hydroxyl groups excluding tert-OH is 1. The molecule has 0 aliphatic heterocycles. The van der Waals surface area contributed by atoms with Crippen LogP contribution in [0.25, 0.3) is 0 Å². The van der Waals surface area contributed by atoms with Crippen LogP contribution in [0.3, 0.4) is 0 Å². The van der Waals surface area contributed by atoms with Crippen molar-refractivity contribution in [2.75, 3.05) is 0 Å². The molecule has 100 valence electrons. The van der Waals surface area contributed by atoms with Crippen molar-refractivity contribution in [3.8, 4) is 0 Å². The van der Waals surface area contributed by atoms with Crippen LogP contribution in [-0.2, 0) is 6.42 Å². The Morgan fingerprint density at radius 2 is 2.00 bits per heavy atom. The SMILES string of the molecule is CCc1ccc(C(O)C2CCCC(F)(F)C2)cc1. The Labute approximate surface area is 107 Å². The van der Waals surface area contributed by atoms with E-state index in [1.54, 1.807) is 0 Å². The number of rotatable bonds is 3. The molecule has 1 nitrogen and oxygen atoms in total. The van der Waals surface area contributed by atoms with Crippen LogP contribution in [0.15, 0.2) is 24.3 Å². The first-order valence-corrected chi connectivity index (χ1v) is 6.66. The Kier molecular flexibility index (Phi) is 4.00. The number of aryl methyl sites for hydroxylation is 1. The maximum Gasteiger partial charge on any atom is 0.248 e. The summed E-state index contributed by atoms with van der Waals surface area (Å²) >= 11 is 0. The molecule has 0 bridgehead atoms. The first-order valence-electron chi connectivity index (χ1n) is 6.66. The van der Waals surface area contributed by atoms with Crippen LogP contribution in [0, 0.1) is 5.92 Å². The predicted molar refractivity (Wildman–Crippen MR) is 67.7 cm³/mol. The Morgan fingerprint density at radius 3 is 2.56 bits per heavy atom. The van der Waals surface area contributed by atoms with E-state index < -0.39 is 12.0 Å². The summed E-state index contributed by atoms with van der Waals surface area (Å²) in [7, 11) is 0. The van der Waals surface area contributed by atoms with Crippen LogP contribution in [0.5, 0.6) is 0 Å². The molecule has 2 atom stereocenters. The molecule has 1 aliphatic rings. The summed E-state index contributed by atoms with van der Waals surface area (Å²) in [6, 6.07) is 7.63. The molecule has 0 amide bonds. The summed E-state index contributed by atoms with van der Waals surface area (Å²) in [5.74, 6) is -2.92. The molecular weight excluding hydrogens is 234 g/mol. The summed E-state index contributed by atoms with van der Waals surface area (Å²) in [6.07, 6.45) is 1.14. The van der Waals surface area contributed by atoms with E-state index >= 15 is 0 Å². The van der Waals surface area contributed by atoms with Crippen molar-refractivity contribution >= 4 is 0 Å². The van der Waals surface area contributed by atoms with Crippen LogP contribution in [0.2, 0.25) is 0 Å². The minimum absolute atomic E-state index is 0.0367. The van der Waals surface area contributed by atoms with E-state index in [0.29, 0.717) is 12.8 Å². The van der Waals surface area contributed by atoms with E-state index in [9.17, 15) is 13.9 Å². The third-order valence-electron chi connectivity index (χ3n) is 3.85. The van der Waals surface area contributed by atoms with Crippen LogP contribution in [-0.4, -0.2) is 11.0 Å². The molecule has 1 aromatic carbocycles. The lowest BCUT2D eigenvalue weighted by Crippen LogP contribution is -2.29. The third kappa shape index (κ3) is 3.08. The molecule has 1 aromatic rings. The number of benzene rings is 1. The second-order valence-electron chi connectivity index (χ2n) is 5.25. The minimum atomic E-state index is -2.60. The predicted octanol–water partition coefficient (Wildman–Crippen LogP) is 4.11. The van der Waals surface area contributed by atoms with E-state index in [4.69, 9.17) is 0 Å². The smallest absolute Gasteiger partial charge is 0.248 e. The first kappa shape index (κ1) is 13.5. The monoisotopic (exact) mass is 254 g/mol. The summed E-state index contributed by atoms with van der Waals surface area (Å²) in [5, 5.41) is 10.2. The lowest BCUT2D eigenvalue weighted by atomic mass is 9.80. The maximum absolute atomic E-state index is 13.3. The van der Waals surface area contributed by atoms with Gasteiger partial charge in [-0.25, -0.2) is 8.78 Å². The number of alkyl halides is 2. The van der Waals surface area contributed by atoms with Gasteiger partial charge in [0, 0.05) is 12.8 Å². The molecular formula is C15H20F2O. The number of halogens is 2. The highest BCUT2D eigenvalue weighted by Crippen LogP contribution is 2.42. The molecule has 0 aromatic heterocycles. The van der Waals surface area contributed by atoms with Gasteiger partial charge in [-0.05, 0) is 36.3 Å². The molecule has 0 heterocycles. The number of hydrogen-bond donors (Lipinski definition) is 1. The Morgan fingerprint density at radius 1 is 1.33 bits per heavy atom. The standard InChI is InChI=1S/C15H20F2O/c1-2-11-5-7-12(8-6-11)14(18)13-4-3-9-15(16,17)10-13/h5-8,13-14,18H,2-4,9-10H2,1H3. The van der Waals surface area contributed by atoms with Gasteiger partial charge in [0.05, 0.1) is 6.10 Å². The summed E-state index contributed by atoms with van der Waals surface area (Å²) < 4.78 is 26.7. The normalized spacial score (nSPS) is 24.8. The molecule has 1 saturated carbocycles. The largest absolute Gasteiger partial charge is 0.388 e. The Hall–Kier alpha value is -0.960. The fraction of sp³-hybridized carbons (Fsp3) is 0.600. The van der Waals surface area contributed by atoms with Crippen LogP contribution in [0.1, 0.15) is 49.8 Å². The van der Waals surface area contributed by atoms with Crippen molar-refractivity contribution in [3.63, 3.8) is 0 Å². The van der Waals surface area contributed by atoms with Crippen LogP contribution in [0.4, 0.5) is 8.78 Å². The summed E-state index contributed by atoms with van der Waals surface area (Å²) in [5.41, 5.74) is 1.95. The van der Waals surface area contributed by atoms with Gasteiger partial charge in [-0.3, -0.25) is 0 Å². The minimum Gasteiger partial charge on any atom is -0.388 e. The molecule has 1 fully saturated rings. The zero-order valence-corrected chi connectivity index (χ0v) is 10.7. The van der Waals surface area contributed by atoms with Crippen molar-refractivity contribution in [2.45, 2.75) is 51.1 Å². The summed E-state index contributed by atoms with van der Waals surface area (Å²) in [4.78, 5) is 0. The second-order valence-corrected chi connectivity index (χ2v) is 5.25. The van der Waals surface area contributed by atoms with E-state index in [1.807, 2.05) is 24.3 Å². The lowest BCUT2D eigenvalue weighted by Gasteiger charge is -2.32. The topological polar surface area (TPSA) is 20.2 Å². The Balaban J connectivity index is 2.07.